The Morgan fingerprint density at radius 2 is 1.72 bits per heavy atom. The molecule has 0 aromatic heterocycles. The molecule has 2 heterocycles. The predicted octanol–water partition coefficient (Wildman–Crippen LogP) is 2.50. The average Bonchev–Trinajstić information content (AvgIpc) is 3.20. The molecule has 2 aromatic rings. The van der Waals surface area contributed by atoms with Crippen LogP contribution in [0.5, 0.6) is 0 Å². The van der Waals surface area contributed by atoms with Crippen LogP contribution in [0.25, 0.3) is 0 Å². The number of hydrogen-bond donors (Lipinski definition) is 3. The van der Waals surface area contributed by atoms with Crippen molar-refractivity contribution in [3.63, 3.8) is 0 Å². The molecule has 170 valence electrons. The summed E-state index contributed by atoms with van der Waals surface area (Å²) in [4.78, 5) is 26.4. The second-order valence-corrected chi connectivity index (χ2v) is 9.90. The molecule has 2 aromatic carbocycles. The molecule has 0 unspecified atom stereocenters. The molecule has 0 spiro atoms. The number of fused-ring (bicyclic) bond motifs is 1. The maximum Gasteiger partial charge on any atom is 0.322 e. The van der Waals surface area contributed by atoms with Gasteiger partial charge in [-0.2, -0.15) is 4.31 Å². The molecule has 2 fully saturated rings. The Balaban J connectivity index is 1.60. The normalized spacial score (nSPS) is 23.4. The summed E-state index contributed by atoms with van der Waals surface area (Å²) in [6.07, 6.45) is 0.781. The molecule has 0 bridgehead atoms. The zero-order valence-corrected chi connectivity index (χ0v) is 18.5. The quantitative estimate of drug-likeness (QED) is 0.633. The van der Waals surface area contributed by atoms with Gasteiger partial charge in [0.25, 0.3) is 0 Å². The Bertz CT molecular complexity index is 1090. The second kappa shape index (κ2) is 8.79. The zero-order valence-electron chi connectivity index (χ0n) is 17.6. The van der Waals surface area contributed by atoms with Gasteiger partial charge in [0, 0.05) is 37.6 Å². The van der Waals surface area contributed by atoms with Crippen LogP contribution in [0, 0.1) is 5.92 Å². The molecule has 0 aliphatic carbocycles. The van der Waals surface area contributed by atoms with E-state index in [1.807, 2.05) is 18.2 Å². The van der Waals surface area contributed by atoms with Crippen LogP contribution in [0.3, 0.4) is 0 Å². The lowest BCUT2D eigenvalue weighted by molar-refractivity contribution is -0.140. The highest BCUT2D eigenvalue weighted by atomic mass is 32.2. The highest BCUT2D eigenvalue weighted by molar-refractivity contribution is 7.89. The Hall–Kier alpha value is -3.11. The SMILES string of the molecule is CNc1ccc(S(=O)(=O)N2[C@H](C(=O)O)C[C@@H]3CCN(C(=O)Nc4ccccc4)C[C@@H]32)cc1. The molecule has 10 heteroatoms. The van der Waals surface area contributed by atoms with E-state index in [4.69, 9.17) is 0 Å². The number of benzene rings is 2. The first-order valence-corrected chi connectivity index (χ1v) is 11.9. The first kappa shape index (κ1) is 22.1. The smallest absolute Gasteiger partial charge is 0.322 e. The summed E-state index contributed by atoms with van der Waals surface area (Å²) in [5.74, 6) is -1.29. The van der Waals surface area contributed by atoms with E-state index in [0.29, 0.717) is 18.7 Å². The van der Waals surface area contributed by atoms with E-state index >= 15 is 0 Å². The molecule has 9 nitrogen and oxygen atoms in total. The highest BCUT2D eigenvalue weighted by Gasteiger charge is 2.52. The number of hydrogen-bond acceptors (Lipinski definition) is 5. The zero-order chi connectivity index (χ0) is 22.9. The van der Waals surface area contributed by atoms with E-state index in [9.17, 15) is 23.1 Å². The number of amides is 2. The van der Waals surface area contributed by atoms with E-state index in [-0.39, 0.29) is 29.8 Å². The minimum Gasteiger partial charge on any atom is -0.480 e. The number of carbonyl (C=O) groups excluding carboxylic acids is 1. The molecule has 0 radical (unpaired) electrons. The molecule has 2 aliphatic heterocycles. The average molecular weight is 459 g/mol. The van der Waals surface area contributed by atoms with Gasteiger partial charge in [0.05, 0.1) is 4.90 Å². The first-order valence-electron chi connectivity index (χ1n) is 10.5. The van der Waals surface area contributed by atoms with Crippen LogP contribution in [0.1, 0.15) is 12.8 Å². The van der Waals surface area contributed by atoms with Crippen LogP contribution >= 0.6 is 0 Å². The third-order valence-corrected chi connectivity index (χ3v) is 8.15. The number of anilines is 2. The molecule has 0 saturated carbocycles. The number of likely N-dealkylation sites (tertiary alicyclic amines) is 1. The van der Waals surface area contributed by atoms with Gasteiger partial charge in [-0.3, -0.25) is 4.79 Å². The topological polar surface area (TPSA) is 119 Å². The number of urea groups is 1. The fraction of sp³-hybridized carbons (Fsp3) is 0.364. The molecular formula is C22H26N4O5S. The summed E-state index contributed by atoms with van der Waals surface area (Å²) in [6, 6.07) is 13.1. The number of piperidine rings is 1. The minimum absolute atomic E-state index is 0.0364. The van der Waals surface area contributed by atoms with Crippen molar-refractivity contribution in [2.75, 3.05) is 30.8 Å². The van der Waals surface area contributed by atoms with Crippen LogP contribution in [0.4, 0.5) is 16.2 Å². The predicted molar refractivity (Wildman–Crippen MR) is 120 cm³/mol. The monoisotopic (exact) mass is 458 g/mol. The molecule has 2 amide bonds. The summed E-state index contributed by atoms with van der Waals surface area (Å²) >= 11 is 0. The Morgan fingerprint density at radius 1 is 1.03 bits per heavy atom. The van der Waals surface area contributed by atoms with Gasteiger partial charge >= 0.3 is 12.0 Å². The van der Waals surface area contributed by atoms with Crippen LogP contribution in [0.2, 0.25) is 0 Å². The highest BCUT2D eigenvalue weighted by Crippen LogP contribution is 2.40. The van der Waals surface area contributed by atoms with Gasteiger partial charge < -0.3 is 20.6 Å². The molecule has 32 heavy (non-hydrogen) atoms. The van der Waals surface area contributed by atoms with Crippen LogP contribution < -0.4 is 10.6 Å². The maximum atomic E-state index is 13.5. The van der Waals surface area contributed by atoms with Crippen LogP contribution in [-0.2, 0) is 14.8 Å². The number of para-hydroxylation sites is 1. The van der Waals surface area contributed by atoms with Gasteiger partial charge in [-0.05, 0) is 55.2 Å². The lowest BCUT2D eigenvalue weighted by Gasteiger charge is -2.38. The van der Waals surface area contributed by atoms with Crippen molar-refractivity contribution < 1.29 is 23.1 Å². The van der Waals surface area contributed by atoms with Gasteiger partial charge in [-0.1, -0.05) is 18.2 Å². The second-order valence-electron chi connectivity index (χ2n) is 8.06. The maximum absolute atomic E-state index is 13.5. The van der Waals surface area contributed by atoms with Gasteiger partial charge in [0.2, 0.25) is 10.0 Å². The summed E-state index contributed by atoms with van der Waals surface area (Å²) < 4.78 is 28.1. The lowest BCUT2D eigenvalue weighted by Crippen LogP contribution is -2.54. The number of aliphatic carboxylic acids is 1. The van der Waals surface area contributed by atoms with E-state index in [1.165, 1.54) is 12.1 Å². The van der Waals surface area contributed by atoms with Crippen LogP contribution in [-0.4, -0.2) is 67.0 Å². The van der Waals surface area contributed by atoms with E-state index in [0.717, 1.165) is 9.99 Å². The summed E-state index contributed by atoms with van der Waals surface area (Å²) in [7, 11) is -2.34. The number of sulfonamides is 1. The first-order chi connectivity index (χ1) is 15.3. The van der Waals surface area contributed by atoms with Crippen molar-refractivity contribution in [1.29, 1.82) is 0 Å². The standard InChI is InChI=1S/C22H26N4O5S/c1-23-16-7-9-18(10-8-16)32(30,31)26-19(21(27)28)13-15-11-12-25(14-20(15)26)22(29)24-17-5-3-2-4-6-17/h2-10,15,19-20,23H,11-14H2,1H3,(H,24,29)(H,27,28)/t15-,19-,20-/m0/s1. The third kappa shape index (κ3) is 4.15. The fourth-order valence-corrected chi connectivity index (χ4v) is 6.37. The number of nitrogens with one attached hydrogen (secondary N) is 2. The number of rotatable bonds is 5. The molecule has 3 N–H and O–H groups in total. The fourth-order valence-electron chi connectivity index (χ4n) is 4.54. The summed E-state index contributed by atoms with van der Waals surface area (Å²) in [5, 5.41) is 15.5. The Kier molecular flexibility index (Phi) is 6.07. The molecule has 3 atom stereocenters. The number of nitrogens with zero attached hydrogens (tertiary/aromatic N) is 2. The van der Waals surface area contributed by atoms with Crippen molar-refractivity contribution in [3.05, 3.63) is 54.6 Å². The summed E-state index contributed by atoms with van der Waals surface area (Å²) in [5.41, 5.74) is 1.39. The Labute approximate surface area is 187 Å². The van der Waals surface area contributed by atoms with Crippen molar-refractivity contribution in [1.82, 2.24) is 9.21 Å². The largest absolute Gasteiger partial charge is 0.480 e. The molecule has 2 aliphatic rings. The van der Waals surface area contributed by atoms with Crippen molar-refractivity contribution in [3.8, 4) is 0 Å². The molecular weight excluding hydrogens is 432 g/mol. The van der Waals surface area contributed by atoms with Crippen LogP contribution in [0.15, 0.2) is 59.5 Å². The minimum atomic E-state index is -4.07. The van der Waals surface area contributed by atoms with Gasteiger partial charge in [-0.25, -0.2) is 13.2 Å². The summed E-state index contributed by atoms with van der Waals surface area (Å²) in [6.45, 7) is 0.581. The van der Waals surface area contributed by atoms with E-state index in [2.05, 4.69) is 10.6 Å². The number of carboxylic acid groups (broad SMARTS) is 1. The van der Waals surface area contributed by atoms with Crippen molar-refractivity contribution >= 4 is 33.4 Å². The lowest BCUT2D eigenvalue weighted by atomic mass is 9.91. The van der Waals surface area contributed by atoms with Gasteiger partial charge in [0.1, 0.15) is 6.04 Å². The van der Waals surface area contributed by atoms with Crippen molar-refractivity contribution in [2.45, 2.75) is 29.8 Å². The van der Waals surface area contributed by atoms with E-state index in [1.54, 1.807) is 36.2 Å². The molecule has 2 saturated heterocycles. The van der Waals surface area contributed by atoms with E-state index < -0.39 is 28.1 Å². The third-order valence-electron chi connectivity index (χ3n) is 6.20. The van der Waals surface area contributed by atoms with Gasteiger partial charge in [-0.15, -0.1) is 0 Å². The number of carbonyl (C=O) groups is 2. The molecule has 4 rings (SSSR count). The number of carboxylic acids is 1. The Morgan fingerprint density at radius 3 is 2.34 bits per heavy atom. The van der Waals surface area contributed by atoms with Gasteiger partial charge in [0.15, 0.2) is 0 Å². The van der Waals surface area contributed by atoms with Crippen molar-refractivity contribution in [2.24, 2.45) is 5.92 Å².